The molecule has 1 atom stereocenters. The van der Waals surface area contributed by atoms with Crippen molar-refractivity contribution in [2.24, 2.45) is 5.14 Å². The average Bonchev–Trinajstić information content (AvgIpc) is 2.26. The highest BCUT2D eigenvalue weighted by Crippen LogP contribution is 2.39. The van der Waals surface area contributed by atoms with Crippen LogP contribution in [0.3, 0.4) is 0 Å². The molecule has 0 aliphatic rings. The number of hydrogen-bond donors (Lipinski definition) is 1. The summed E-state index contributed by atoms with van der Waals surface area (Å²) in [5.41, 5.74) is -7.88. The van der Waals surface area contributed by atoms with Crippen molar-refractivity contribution in [3.8, 4) is 0 Å². The lowest BCUT2D eigenvalue weighted by Gasteiger charge is -2.18. The molecule has 1 unspecified atom stereocenters. The van der Waals surface area contributed by atoms with E-state index in [9.17, 15) is 43.2 Å². The largest absolute Gasteiger partial charge is 0.499 e. The summed E-state index contributed by atoms with van der Waals surface area (Å²) in [6.07, 6.45) is 0. The van der Waals surface area contributed by atoms with Crippen LogP contribution in [-0.4, -0.2) is 22.3 Å². The Kier molecular flexibility index (Phi) is 4.33. The molecule has 0 aliphatic carbocycles. The average molecular weight is 357 g/mol. The number of hydrogen-bond acceptors (Lipinski definition) is 4. The number of sulfone groups is 1. The van der Waals surface area contributed by atoms with Crippen LogP contribution >= 0.6 is 0 Å². The molecule has 21 heavy (non-hydrogen) atoms. The molecule has 0 bridgehead atoms. The Morgan fingerprint density at radius 1 is 0.952 bits per heavy atom. The van der Waals surface area contributed by atoms with Gasteiger partial charge in [-0.15, -0.1) is 0 Å². The van der Waals surface area contributed by atoms with Crippen LogP contribution in [0, 0.1) is 17.5 Å². The van der Waals surface area contributed by atoms with Crippen molar-refractivity contribution in [1.82, 2.24) is 0 Å². The fraction of sp³-hybridized carbons (Fsp3) is 0.250. The number of halogens is 6. The Morgan fingerprint density at radius 3 is 1.81 bits per heavy atom. The van der Waals surface area contributed by atoms with Crippen LogP contribution in [0.25, 0.3) is 0 Å². The molecular weight excluding hydrogens is 352 g/mol. The highest BCUT2D eigenvalue weighted by atomic mass is 32.3. The summed E-state index contributed by atoms with van der Waals surface area (Å²) < 4.78 is 117. The quantitative estimate of drug-likeness (QED) is 0.652. The first-order chi connectivity index (χ1) is 9.21. The molecule has 0 saturated carbocycles. The number of rotatable bonds is 3. The first-order valence-corrected chi connectivity index (χ1v) is 7.82. The van der Waals surface area contributed by atoms with E-state index >= 15 is 0 Å². The van der Waals surface area contributed by atoms with Gasteiger partial charge >= 0.3 is 5.51 Å². The zero-order valence-corrected chi connectivity index (χ0v) is 11.2. The van der Waals surface area contributed by atoms with Gasteiger partial charge in [-0.2, -0.15) is 13.2 Å². The second kappa shape index (κ2) is 5.14. The topological polar surface area (TPSA) is 94.3 Å². The monoisotopic (exact) mass is 357 g/mol. The predicted octanol–water partition coefficient (Wildman–Crippen LogP) is 1.33. The lowest BCUT2D eigenvalue weighted by molar-refractivity contribution is -0.0439. The third-order valence-corrected chi connectivity index (χ3v) is 6.10. The van der Waals surface area contributed by atoms with Crippen molar-refractivity contribution < 1.29 is 43.2 Å². The summed E-state index contributed by atoms with van der Waals surface area (Å²) in [6.45, 7) is 0. The van der Waals surface area contributed by atoms with Gasteiger partial charge in [0.25, 0.3) is 9.84 Å². The molecule has 0 spiro atoms. The van der Waals surface area contributed by atoms with Gasteiger partial charge in [-0.05, 0) is 6.07 Å². The maximum absolute atomic E-state index is 13.4. The number of nitrogens with two attached hydrogens (primary N) is 1. The van der Waals surface area contributed by atoms with Crippen LogP contribution in [0.15, 0.2) is 12.1 Å². The van der Waals surface area contributed by atoms with Crippen molar-refractivity contribution in [2.75, 3.05) is 0 Å². The second-order valence-corrected chi connectivity index (χ2v) is 7.65. The van der Waals surface area contributed by atoms with E-state index in [4.69, 9.17) is 0 Å². The second-order valence-electron chi connectivity index (χ2n) is 3.68. The first-order valence-electron chi connectivity index (χ1n) is 4.66. The van der Waals surface area contributed by atoms with E-state index in [-0.39, 0.29) is 12.1 Å². The molecule has 1 rings (SSSR count). The predicted molar refractivity (Wildman–Crippen MR) is 57.1 cm³/mol. The highest BCUT2D eigenvalue weighted by Gasteiger charge is 2.56. The van der Waals surface area contributed by atoms with E-state index in [1.54, 1.807) is 0 Å². The number of alkyl halides is 3. The Balaban J connectivity index is 3.78. The van der Waals surface area contributed by atoms with Gasteiger partial charge < -0.3 is 0 Å². The van der Waals surface area contributed by atoms with E-state index in [1.807, 2.05) is 0 Å². The van der Waals surface area contributed by atoms with Crippen LogP contribution in [0.4, 0.5) is 26.3 Å². The lowest BCUT2D eigenvalue weighted by atomic mass is 10.2. The van der Waals surface area contributed by atoms with Crippen LogP contribution in [0.5, 0.6) is 0 Å². The van der Waals surface area contributed by atoms with E-state index in [1.165, 1.54) is 0 Å². The van der Waals surface area contributed by atoms with E-state index in [0.717, 1.165) is 0 Å². The third-order valence-electron chi connectivity index (χ3n) is 2.22. The summed E-state index contributed by atoms with van der Waals surface area (Å²) in [4.78, 5) is 0. The van der Waals surface area contributed by atoms with Gasteiger partial charge in [0.2, 0.25) is 14.6 Å². The Labute approximate surface area is 114 Å². The Hall–Kier alpha value is -1.34. The molecule has 0 heterocycles. The smallest absolute Gasteiger partial charge is 0.227 e. The van der Waals surface area contributed by atoms with Gasteiger partial charge in [-0.3, -0.25) is 0 Å². The number of sulfonamides is 1. The standard InChI is InChI=1S/C8H5F6NO4S2/c9-4-2-1-3(5(10)6(4)11)7(21(15,18)19)20(16,17)8(12,13)14/h1-2,7H,(H2,15,18,19). The SMILES string of the molecule is NS(=O)(=O)C(c1ccc(F)c(F)c1F)S(=O)(=O)C(F)(F)F. The van der Waals surface area contributed by atoms with Crippen LogP contribution < -0.4 is 5.14 Å². The van der Waals surface area contributed by atoms with Crippen LogP contribution in [-0.2, 0) is 19.9 Å². The lowest BCUT2D eigenvalue weighted by Crippen LogP contribution is -2.37. The molecule has 0 amide bonds. The zero-order valence-electron chi connectivity index (χ0n) is 9.53. The normalized spacial score (nSPS) is 15.0. The number of benzene rings is 1. The van der Waals surface area contributed by atoms with E-state index in [0.29, 0.717) is 0 Å². The summed E-state index contributed by atoms with van der Waals surface area (Å²) >= 11 is 0. The third kappa shape index (κ3) is 3.13. The summed E-state index contributed by atoms with van der Waals surface area (Å²) in [6, 6.07) is 0.115. The minimum atomic E-state index is -6.54. The van der Waals surface area contributed by atoms with Crippen molar-refractivity contribution >= 4 is 19.9 Å². The fourth-order valence-electron chi connectivity index (χ4n) is 1.36. The fourth-order valence-corrected chi connectivity index (χ4v) is 4.40. The van der Waals surface area contributed by atoms with Gasteiger partial charge in [0.1, 0.15) is 0 Å². The maximum Gasteiger partial charge on any atom is 0.499 e. The van der Waals surface area contributed by atoms with Gasteiger partial charge in [-0.1, -0.05) is 6.07 Å². The molecule has 1 aromatic carbocycles. The van der Waals surface area contributed by atoms with E-state index in [2.05, 4.69) is 5.14 Å². The first kappa shape index (κ1) is 17.7. The van der Waals surface area contributed by atoms with Crippen LogP contribution in [0.1, 0.15) is 10.1 Å². The summed E-state index contributed by atoms with van der Waals surface area (Å²) in [7, 11) is -12.1. The minimum absolute atomic E-state index is 0.0477. The van der Waals surface area contributed by atoms with Gasteiger partial charge in [0, 0.05) is 5.56 Å². The maximum atomic E-state index is 13.4. The van der Waals surface area contributed by atoms with Crippen molar-refractivity contribution in [3.63, 3.8) is 0 Å². The van der Waals surface area contributed by atoms with Gasteiger partial charge in [0.05, 0.1) is 0 Å². The molecule has 120 valence electrons. The molecule has 0 fully saturated rings. The van der Waals surface area contributed by atoms with Crippen molar-refractivity contribution in [1.29, 1.82) is 0 Å². The van der Waals surface area contributed by atoms with Crippen molar-refractivity contribution in [3.05, 3.63) is 35.1 Å². The molecule has 13 heteroatoms. The van der Waals surface area contributed by atoms with E-state index < -0.39 is 53.0 Å². The number of primary sulfonamides is 1. The Bertz CT molecular complexity index is 771. The van der Waals surface area contributed by atoms with Crippen LogP contribution in [0.2, 0.25) is 0 Å². The summed E-state index contributed by atoms with van der Waals surface area (Å²) in [5.74, 6) is -6.59. The van der Waals surface area contributed by atoms with Gasteiger partial charge in [0.15, 0.2) is 17.5 Å². The zero-order chi connectivity index (χ0) is 16.8. The molecule has 5 nitrogen and oxygen atoms in total. The Morgan fingerprint density at radius 2 is 1.43 bits per heavy atom. The molecule has 0 aliphatic heterocycles. The highest BCUT2D eigenvalue weighted by molar-refractivity contribution is 8.07. The molecule has 2 N–H and O–H groups in total. The molecular formula is C8H5F6NO4S2. The molecule has 1 aromatic rings. The molecule has 0 radical (unpaired) electrons. The molecule has 0 aromatic heterocycles. The molecule has 0 saturated heterocycles. The summed E-state index contributed by atoms with van der Waals surface area (Å²) in [5, 5.41) is 4.36. The van der Waals surface area contributed by atoms with Gasteiger partial charge in [-0.25, -0.2) is 35.1 Å². The minimum Gasteiger partial charge on any atom is -0.227 e. The van der Waals surface area contributed by atoms with Crippen molar-refractivity contribution in [2.45, 2.75) is 10.1 Å².